The van der Waals surface area contributed by atoms with E-state index < -0.39 is 58.4 Å². The summed E-state index contributed by atoms with van der Waals surface area (Å²) in [4.78, 5) is 34.5. The van der Waals surface area contributed by atoms with E-state index in [1.165, 1.54) is 38.5 Å². The van der Waals surface area contributed by atoms with Gasteiger partial charge in [-0.15, -0.1) is 0 Å². The number of hydrogen-bond donors (Lipinski definition) is 3. The van der Waals surface area contributed by atoms with Crippen molar-refractivity contribution >= 4 is 19.8 Å². The molecule has 0 amide bonds. The van der Waals surface area contributed by atoms with Crippen LogP contribution in [-0.4, -0.2) is 65.7 Å². The largest absolute Gasteiger partial charge is 0.472 e. The molecule has 0 spiro atoms. The molecular formula is C50H81O10P. The summed E-state index contributed by atoms with van der Waals surface area (Å²) in [6, 6.07) is 0. The number of phosphoric acid groups is 1. The maximum atomic E-state index is 12.4. The fraction of sp³-hybridized carbons (Fsp3) is 0.600. The molecule has 3 N–H and O–H groups in total. The fourth-order valence-corrected chi connectivity index (χ4v) is 6.38. The third kappa shape index (κ3) is 43.1. The first-order chi connectivity index (χ1) is 29.8. The van der Waals surface area contributed by atoms with Gasteiger partial charge in [-0.3, -0.25) is 18.6 Å². The standard InChI is InChI=1S/C50H81O10P/c1-3-5-7-9-11-13-15-17-19-20-21-22-23-24-25-26-28-30-32-34-36-38-40-42-50(54)60-48(44-52)46-58-61(55,56)57-45-47(43-51)59-49(53)41-39-37-35-33-31-29-27-18-16-14-12-10-8-6-4-2/h5-8,11-14,17-19,21-22,27,31,33,37,39,47-48,51-52H,3-4,9-10,15-16,20,23-26,28-30,32,34-36,38,40-46H2,1-2H3,(H,55,56)/b7-5-,8-6-,13-11-,14-12-,19-17-,22-21-,27-18-,33-31-,39-37-. The van der Waals surface area contributed by atoms with Gasteiger partial charge in [-0.25, -0.2) is 4.57 Å². The molecule has 0 heterocycles. The van der Waals surface area contributed by atoms with Gasteiger partial charge >= 0.3 is 19.8 Å². The van der Waals surface area contributed by atoms with E-state index in [1.807, 2.05) is 18.2 Å². The van der Waals surface area contributed by atoms with E-state index in [-0.39, 0.29) is 12.8 Å². The number of carbonyl (C=O) groups is 2. The van der Waals surface area contributed by atoms with Crippen LogP contribution in [0.25, 0.3) is 0 Å². The second-order valence-corrected chi connectivity index (χ2v) is 16.1. The quantitative estimate of drug-likeness (QED) is 0.0235. The Bertz CT molecular complexity index is 1370. The van der Waals surface area contributed by atoms with Crippen LogP contribution in [0.1, 0.15) is 155 Å². The summed E-state index contributed by atoms with van der Waals surface area (Å²) >= 11 is 0. The third-order valence-corrected chi connectivity index (χ3v) is 9.96. The van der Waals surface area contributed by atoms with Crippen LogP contribution in [-0.2, 0) is 32.7 Å². The van der Waals surface area contributed by atoms with E-state index >= 15 is 0 Å². The van der Waals surface area contributed by atoms with Crippen LogP contribution in [0.15, 0.2) is 109 Å². The van der Waals surface area contributed by atoms with Crippen molar-refractivity contribution in [3.05, 3.63) is 109 Å². The highest BCUT2D eigenvalue weighted by Crippen LogP contribution is 2.43. The summed E-state index contributed by atoms with van der Waals surface area (Å²) in [5.41, 5.74) is 0. The third-order valence-electron chi connectivity index (χ3n) is 9.01. The van der Waals surface area contributed by atoms with Crippen LogP contribution in [0.4, 0.5) is 0 Å². The zero-order valence-corrected chi connectivity index (χ0v) is 38.5. The lowest BCUT2D eigenvalue weighted by Gasteiger charge is -2.20. The number of aliphatic hydroxyl groups excluding tert-OH is 2. The molecule has 0 saturated heterocycles. The summed E-state index contributed by atoms with van der Waals surface area (Å²) in [7, 11) is -4.67. The molecule has 3 unspecified atom stereocenters. The lowest BCUT2D eigenvalue weighted by atomic mass is 10.0. The van der Waals surface area contributed by atoms with Gasteiger partial charge in [0.2, 0.25) is 0 Å². The average Bonchev–Trinajstić information content (AvgIpc) is 3.25. The molecule has 11 heteroatoms. The second kappa shape index (κ2) is 44.7. The van der Waals surface area contributed by atoms with E-state index in [0.717, 1.165) is 77.0 Å². The summed E-state index contributed by atoms with van der Waals surface area (Å²) in [6.45, 7) is 1.85. The first-order valence-corrected chi connectivity index (χ1v) is 24.3. The molecule has 0 aromatic rings. The van der Waals surface area contributed by atoms with Crippen molar-refractivity contribution in [2.75, 3.05) is 26.4 Å². The Hall–Kier alpha value is -3.37. The highest BCUT2D eigenvalue weighted by molar-refractivity contribution is 7.47. The molecule has 0 aliphatic rings. The lowest BCUT2D eigenvalue weighted by Crippen LogP contribution is -2.28. The van der Waals surface area contributed by atoms with E-state index in [9.17, 15) is 29.3 Å². The number of hydrogen-bond acceptors (Lipinski definition) is 9. The number of ether oxygens (including phenoxy) is 2. The molecule has 0 aromatic carbocycles. The molecule has 0 fully saturated rings. The van der Waals surface area contributed by atoms with Crippen molar-refractivity contribution in [2.24, 2.45) is 0 Å². The van der Waals surface area contributed by atoms with Crippen LogP contribution in [0.3, 0.4) is 0 Å². The summed E-state index contributed by atoms with van der Waals surface area (Å²) in [5, 5.41) is 19.2. The number of phosphoric ester groups is 1. The minimum Gasteiger partial charge on any atom is -0.457 e. The number of aliphatic hydroxyl groups is 2. The Morgan fingerprint density at radius 2 is 0.787 bits per heavy atom. The van der Waals surface area contributed by atoms with Gasteiger partial charge in [-0.1, -0.05) is 175 Å². The highest BCUT2D eigenvalue weighted by Gasteiger charge is 2.27. The molecule has 0 bridgehead atoms. The van der Waals surface area contributed by atoms with E-state index in [2.05, 4.69) is 98.9 Å². The Morgan fingerprint density at radius 3 is 1.18 bits per heavy atom. The van der Waals surface area contributed by atoms with Gasteiger partial charge in [-0.2, -0.15) is 0 Å². The fourth-order valence-electron chi connectivity index (χ4n) is 5.59. The number of esters is 2. The Balaban J connectivity index is 3.98. The van der Waals surface area contributed by atoms with Gasteiger partial charge in [0.1, 0.15) is 12.2 Å². The minimum atomic E-state index is -4.67. The molecule has 10 nitrogen and oxygen atoms in total. The van der Waals surface area contributed by atoms with Crippen LogP contribution < -0.4 is 0 Å². The molecule has 346 valence electrons. The van der Waals surface area contributed by atoms with Crippen molar-refractivity contribution in [1.82, 2.24) is 0 Å². The molecule has 0 rings (SSSR count). The van der Waals surface area contributed by atoms with Gasteiger partial charge in [0, 0.05) is 6.42 Å². The van der Waals surface area contributed by atoms with Crippen molar-refractivity contribution in [1.29, 1.82) is 0 Å². The molecule has 3 atom stereocenters. The topological polar surface area (TPSA) is 149 Å². The van der Waals surface area contributed by atoms with Gasteiger partial charge in [0.05, 0.1) is 32.8 Å². The lowest BCUT2D eigenvalue weighted by molar-refractivity contribution is -0.153. The van der Waals surface area contributed by atoms with E-state index in [1.54, 1.807) is 6.08 Å². The first kappa shape index (κ1) is 57.6. The van der Waals surface area contributed by atoms with Gasteiger partial charge in [0.15, 0.2) is 0 Å². The molecule has 61 heavy (non-hydrogen) atoms. The molecule has 0 aromatic heterocycles. The second-order valence-electron chi connectivity index (χ2n) is 14.6. The zero-order chi connectivity index (χ0) is 44.8. The highest BCUT2D eigenvalue weighted by atomic mass is 31.2. The summed E-state index contributed by atoms with van der Waals surface area (Å²) in [5.74, 6) is -1.17. The number of rotatable bonds is 41. The number of allylic oxidation sites excluding steroid dienone is 17. The van der Waals surface area contributed by atoms with Gasteiger partial charge < -0.3 is 24.6 Å². The van der Waals surface area contributed by atoms with Crippen LogP contribution in [0.5, 0.6) is 0 Å². The number of carbonyl (C=O) groups excluding carboxylic acids is 2. The molecule has 0 radical (unpaired) electrons. The summed E-state index contributed by atoms with van der Waals surface area (Å²) in [6.07, 6.45) is 56.6. The normalized spacial score (nSPS) is 14.8. The van der Waals surface area contributed by atoms with E-state index in [0.29, 0.717) is 12.8 Å². The smallest absolute Gasteiger partial charge is 0.457 e. The van der Waals surface area contributed by atoms with Crippen molar-refractivity contribution in [2.45, 2.75) is 167 Å². The Labute approximate surface area is 369 Å². The van der Waals surface area contributed by atoms with Crippen LogP contribution >= 0.6 is 7.82 Å². The van der Waals surface area contributed by atoms with Crippen molar-refractivity contribution in [3.63, 3.8) is 0 Å². The Kier molecular flexibility index (Phi) is 42.2. The minimum absolute atomic E-state index is 0.0458. The molecular weight excluding hydrogens is 792 g/mol. The van der Waals surface area contributed by atoms with Crippen LogP contribution in [0, 0.1) is 0 Å². The molecule has 0 saturated carbocycles. The SMILES string of the molecule is CC/C=C\C/C=C\C/C=C\C/C=C\C/C=C\CC(=O)OC(CO)COP(=O)(O)OCC(CO)OC(=O)CCCCCCCCCCCC/C=C\C/C=C\C/C=C\C/C=C\CC. The van der Waals surface area contributed by atoms with Crippen molar-refractivity contribution < 1.29 is 47.8 Å². The molecule has 0 aliphatic carbocycles. The van der Waals surface area contributed by atoms with Gasteiger partial charge in [0.25, 0.3) is 0 Å². The monoisotopic (exact) mass is 873 g/mol. The van der Waals surface area contributed by atoms with Crippen LogP contribution in [0.2, 0.25) is 0 Å². The van der Waals surface area contributed by atoms with Gasteiger partial charge in [-0.05, 0) is 77.0 Å². The summed E-state index contributed by atoms with van der Waals surface area (Å²) < 4.78 is 32.5. The average molecular weight is 873 g/mol. The zero-order valence-electron chi connectivity index (χ0n) is 37.6. The molecule has 0 aliphatic heterocycles. The van der Waals surface area contributed by atoms with Crippen molar-refractivity contribution in [3.8, 4) is 0 Å². The predicted octanol–water partition coefficient (Wildman–Crippen LogP) is 12.6. The predicted molar refractivity (Wildman–Crippen MR) is 251 cm³/mol. The maximum absolute atomic E-state index is 12.4. The maximum Gasteiger partial charge on any atom is 0.472 e. The van der Waals surface area contributed by atoms with E-state index in [4.69, 9.17) is 18.5 Å². The first-order valence-electron chi connectivity index (χ1n) is 22.8. The Morgan fingerprint density at radius 1 is 0.459 bits per heavy atom. The number of unbranched alkanes of at least 4 members (excludes halogenated alkanes) is 10.